The molecule has 9 nitrogen and oxygen atoms in total. The summed E-state index contributed by atoms with van der Waals surface area (Å²) in [5.41, 5.74) is -0.169. The SMILES string of the molecule is CN1CN=C2C(C(=O)Nc3nc(C(F)F)cs3)=CC(Oc3cncnc3)=CN21. The molecule has 0 unspecified atom stereocenters. The predicted molar refractivity (Wildman–Crippen MR) is 96.4 cm³/mol. The third-order valence-corrected chi connectivity index (χ3v) is 4.55. The number of nitrogens with one attached hydrogen (secondary N) is 1. The van der Waals surface area contributed by atoms with Crippen molar-refractivity contribution in [3.05, 3.63) is 53.4 Å². The van der Waals surface area contributed by atoms with Gasteiger partial charge in [0.1, 0.15) is 24.4 Å². The number of halogens is 2. The van der Waals surface area contributed by atoms with E-state index in [0.717, 1.165) is 11.3 Å². The van der Waals surface area contributed by atoms with E-state index in [9.17, 15) is 13.6 Å². The number of anilines is 1. The van der Waals surface area contributed by atoms with E-state index in [2.05, 4.69) is 25.3 Å². The summed E-state index contributed by atoms with van der Waals surface area (Å²) in [6.07, 6.45) is 4.83. The Morgan fingerprint density at radius 3 is 2.86 bits per heavy atom. The average Bonchev–Trinajstić information content (AvgIpc) is 3.29. The number of carbonyl (C=O) groups is 1. The Kier molecular flexibility index (Phi) is 4.79. The summed E-state index contributed by atoms with van der Waals surface area (Å²) in [5.74, 6) is 0.642. The van der Waals surface area contributed by atoms with Gasteiger partial charge < -0.3 is 4.74 Å². The van der Waals surface area contributed by atoms with Crippen LogP contribution in [0, 0.1) is 0 Å². The van der Waals surface area contributed by atoms with Gasteiger partial charge in [0.2, 0.25) is 0 Å². The lowest BCUT2D eigenvalue weighted by atomic mass is 10.1. The molecule has 0 fully saturated rings. The van der Waals surface area contributed by atoms with Crippen LogP contribution in [-0.4, -0.2) is 50.4 Å². The minimum Gasteiger partial charge on any atom is -0.452 e. The van der Waals surface area contributed by atoms with Gasteiger partial charge in [-0.1, -0.05) is 0 Å². The molecule has 0 atom stereocenters. The molecule has 0 aromatic carbocycles. The van der Waals surface area contributed by atoms with Gasteiger partial charge in [0.05, 0.1) is 24.2 Å². The second kappa shape index (κ2) is 7.40. The van der Waals surface area contributed by atoms with E-state index in [1.807, 2.05) is 0 Å². The highest BCUT2D eigenvalue weighted by molar-refractivity contribution is 7.14. The van der Waals surface area contributed by atoms with Crippen LogP contribution in [0.3, 0.4) is 0 Å². The van der Waals surface area contributed by atoms with Crippen molar-refractivity contribution in [3.8, 4) is 5.75 Å². The number of fused-ring (bicyclic) bond motifs is 1. The van der Waals surface area contributed by atoms with Crippen LogP contribution in [0.5, 0.6) is 5.75 Å². The molecule has 2 aliphatic heterocycles. The van der Waals surface area contributed by atoms with Gasteiger partial charge in [0, 0.05) is 12.4 Å². The van der Waals surface area contributed by atoms with Crippen LogP contribution >= 0.6 is 11.3 Å². The summed E-state index contributed by atoms with van der Waals surface area (Å²) in [5, 5.41) is 7.25. The second-order valence-corrected chi connectivity index (χ2v) is 6.58. The van der Waals surface area contributed by atoms with E-state index < -0.39 is 12.3 Å². The van der Waals surface area contributed by atoms with Gasteiger partial charge in [-0.3, -0.25) is 15.1 Å². The zero-order valence-electron chi connectivity index (χ0n) is 14.4. The van der Waals surface area contributed by atoms with Crippen LogP contribution in [0.1, 0.15) is 12.1 Å². The van der Waals surface area contributed by atoms with Gasteiger partial charge in [0.15, 0.2) is 16.7 Å². The Bertz CT molecular complexity index is 990. The van der Waals surface area contributed by atoms with Crippen LogP contribution in [-0.2, 0) is 4.79 Å². The molecule has 0 spiro atoms. The van der Waals surface area contributed by atoms with Crippen LogP contribution in [0.25, 0.3) is 0 Å². The van der Waals surface area contributed by atoms with Crippen molar-refractivity contribution < 1.29 is 18.3 Å². The fourth-order valence-corrected chi connectivity index (χ4v) is 3.21. The standard InChI is InChI=1S/C16H13F2N7O2S/c1-24-8-21-14-11(15(26)23-16-22-12(6-28-16)13(17)18)2-9(5-25(14)24)27-10-3-19-7-20-4-10/h2-7,13H,8H2,1H3,(H,22,23,26). The van der Waals surface area contributed by atoms with Crippen LogP contribution in [0.4, 0.5) is 13.9 Å². The number of nitrogens with zero attached hydrogens (tertiary/aromatic N) is 6. The van der Waals surface area contributed by atoms with Crippen molar-refractivity contribution in [2.45, 2.75) is 6.43 Å². The Hall–Kier alpha value is -3.25. The molecule has 0 aliphatic carbocycles. The number of ether oxygens (including phenoxy) is 1. The summed E-state index contributed by atoms with van der Waals surface area (Å²) in [7, 11) is 1.80. The minimum absolute atomic E-state index is 0.0770. The largest absolute Gasteiger partial charge is 0.452 e. The monoisotopic (exact) mass is 405 g/mol. The van der Waals surface area contributed by atoms with Crippen molar-refractivity contribution in [3.63, 3.8) is 0 Å². The number of aliphatic imine (C=N–C) groups is 1. The summed E-state index contributed by atoms with van der Waals surface area (Å²) < 4.78 is 31.1. The topological polar surface area (TPSA) is 95.8 Å². The number of aromatic nitrogens is 3. The van der Waals surface area contributed by atoms with Crippen LogP contribution < -0.4 is 10.1 Å². The average molecular weight is 405 g/mol. The fraction of sp³-hybridized carbons (Fsp3) is 0.188. The molecule has 0 bridgehead atoms. The molecule has 1 amide bonds. The molecule has 12 heteroatoms. The molecule has 2 aromatic rings. The molecule has 28 heavy (non-hydrogen) atoms. The lowest BCUT2D eigenvalue weighted by Gasteiger charge is -2.27. The number of rotatable bonds is 5. The number of amides is 1. The van der Waals surface area contributed by atoms with Crippen molar-refractivity contribution in [1.29, 1.82) is 0 Å². The summed E-state index contributed by atoms with van der Waals surface area (Å²) >= 11 is 0.923. The number of carbonyl (C=O) groups excluding carboxylic acids is 1. The first-order chi connectivity index (χ1) is 13.5. The lowest BCUT2D eigenvalue weighted by molar-refractivity contribution is -0.112. The Morgan fingerprint density at radius 1 is 1.36 bits per heavy atom. The van der Waals surface area contributed by atoms with E-state index in [4.69, 9.17) is 4.74 Å². The predicted octanol–water partition coefficient (Wildman–Crippen LogP) is 2.19. The summed E-state index contributed by atoms with van der Waals surface area (Å²) in [4.78, 5) is 28.6. The number of hydrazine groups is 1. The minimum atomic E-state index is -2.70. The number of hydrogen-bond acceptors (Lipinski definition) is 9. The van der Waals surface area contributed by atoms with Gasteiger partial charge in [-0.05, 0) is 6.08 Å². The molecule has 2 aliphatic rings. The van der Waals surface area contributed by atoms with Crippen molar-refractivity contribution in [2.75, 3.05) is 19.0 Å². The number of amidine groups is 1. The van der Waals surface area contributed by atoms with Gasteiger partial charge in [-0.15, -0.1) is 11.3 Å². The summed E-state index contributed by atoms with van der Waals surface area (Å²) in [6, 6.07) is 0. The van der Waals surface area contributed by atoms with E-state index in [0.29, 0.717) is 24.0 Å². The highest BCUT2D eigenvalue weighted by atomic mass is 32.1. The number of allylic oxidation sites excluding steroid dienone is 1. The maximum atomic E-state index is 12.8. The van der Waals surface area contributed by atoms with Crippen molar-refractivity contribution >= 4 is 28.2 Å². The van der Waals surface area contributed by atoms with Gasteiger partial charge in [0.25, 0.3) is 12.3 Å². The van der Waals surface area contributed by atoms with Gasteiger partial charge in [-0.2, -0.15) is 5.01 Å². The van der Waals surface area contributed by atoms with Crippen molar-refractivity contribution in [1.82, 2.24) is 25.0 Å². The molecule has 1 N–H and O–H groups in total. The Balaban J connectivity index is 1.59. The molecular weight excluding hydrogens is 392 g/mol. The maximum absolute atomic E-state index is 12.8. The first-order valence-corrected chi connectivity index (χ1v) is 8.85. The first kappa shape index (κ1) is 18.1. The Morgan fingerprint density at radius 2 is 2.14 bits per heavy atom. The zero-order chi connectivity index (χ0) is 19.7. The van der Waals surface area contributed by atoms with Gasteiger partial charge in [-0.25, -0.2) is 28.7 Å². The lowest BCUT2D eigenvalue weighted by Crippen LogP contribution is -2.39. The molecule has 0 radical (unpaired) electrons. The smallest absolute Gasteiger partial charge is 0.281 e. The molecule has 0 saturated carbocycles. The molecule has 4 heterocycles. The van der Waals surface area contributed by atoms with Crippen molar-refractivity contribution in [2.24, 2.45) is 4.99 Å². The number of alkyl halides is 2. The van der Waals surface area contributed by atoms with E-state index in [1.54, 1.807) is 23.3 Å². The highest BCUT2D eigenvalue weighted by Crippen LogP contribution is 2.27. The van der Waals surface area contributed by atoms with Gasteiger partial charge >= 0.3 is 0 Å². The number of thiazole rings is 1. The normalized spacial score (nSPS) is 16.4. The molecule has 144 valence electrons. The quantitative estimate of drug-likeness (QED) is 0.815. The molecule has 0 saturated heterocycles. The second-order valence-electron chi connectivity index (χ2n) is 5.72. The van der Waals surface area contributed by atoms with Crippen LogP contribution in [0.15, 0.2) is 52.7 Å². The highest BCUT2D eigenvalue weighted by Gasteiger charge is 2.32. The van der Waals surface area contributed by atoms with E-state index in [1.165, 1.54) is 30.2 Å². The first-order valence-electron chi connectivity index (χ1n) is 7.97. The third-order valence-electron chi connectivity index (χ3n) is 3.77. The molecule has 2 aromatic heterocycles. The van der Waals surface area contributed by atoms with E-state index in [-0.39, 0.29) is 16.4 Å². The van der Waals surface area contributed by atoms with Crippen LogP contribution in [0.2, 0.25) is 0 Å². The Labute approximate surface area is 161 Å². The molecule has 4 rings (SSSR count). The fourth-order valence-electron chi connectivity index (χ4n) is 2.51. The molecular formula is C16H13F2N7O2S. The maximum Gasteiger partial charge on any atom is 0.281 e. The number of hydrogen-bond donors (Lipinski definition) is 1. The summed E-state index contributed by atoms with van der Waals surface area (Å²) in [6.45, 7) is 0.352. The third kappa shape index (κ3) is 3.59. The van der Waals surface area contributed by atoms with E-state index >= 15 is 0 Å². The zero-order valence-corrected chi connectivity index (χ0v) is 15.2.